The van der Waals surface area contributed by atoms with Crippen molar-refractivity contribution in [1.82, 2.24) is 10.4 Å². The van der Waals surface area contributed by atoms with E-state index in [4.69, 9.17) is 17.0 Å². The summed E-state index contributed by atoms with van der Waals surface area (Å²) in [5, 5.41) is 10.8. The molecule has 0 saturated carbocycles. The number of nitrogens with zero attached hydrogens (tertiary/aromatic N) is 1. The van der Waals surface area contributed by atoms with Crippen LogP contribution >= 0.6 is 24.0 Å². The van der Waals surface area contributed by atoms with E-state index in [0.717, 1.165) is 28.1 Å². The van der Waals surface area contributed by atoms with Gasteiger partial charge in [0.1, 0.15) is 11.5 Å². The fourth-order valence-electron chi connectivity index (χ4n) is 2.37. The average molecular weight is 400 g/mol. The van der Waals surface area contributed by atoms with Crippen molar-refractivity contribution in [2.75, 3.05) is 6.61 Å². The minimum absolute atomic E-state index is 0.0574. The third-order valence-electron chi connectivity index (χ3n) is 3.64. The Morgan fingerprint density at radius 2 is 1.96 bits per heavy atom. The first-order chi connectivity index (χ1) is 13.0. The van der Waals surface area contributed by atoms with Gasteiger partial charge >= 0.3 is 0 Å². The van der Waals surface area contributed by atoms with Gasteiger partial charge in [-0.3, -0.25) is 15.0 Å². The summed E-state index contributed by atoms with van der Waals surface area (Å²) in [6.07, 6.45) is 1.70. The van der Waals surface area contributed by atoms with E-state index in [0.29, 0.717) is 11.5 Å². The number of benzene rings is 2. The van der Waals surface area contributed by atoms with Crippen LogP contribution in [0.5, 0.6) is 11.5 Å². The molecule has 2 amide bonds. The standard InChI is InChI=1S/C19H16N2O4S2/c1-2-25-13-9-7-12(8-10-13)11-16-18(24)21(19(26)27-16)20-17(23)14-5-3-4-6-15(14)22/h3-11,22H,2H2,1H3,(H,20,23). The second kappa shape index (κ2) is 8.24. The SMILES string of the molecule is CCOc1ccc(C=C2SC(=S)N(NC(=O)c3ccccc3O)C2=O)cc1. The average Bonchev–Trinajstić information content (AvgIpc) is 2.91. The number of nitrogens with one attached hydrogen (secondary N) is 1. The molecule has 0 radical (unpaired) electrons. The van der Waals surface area contributed by atoms with Crippen LogP contribution in [-0.2, 0) is 4.79 Å². The predicted molar refractivity (Wildman–Crippen MR) is 108 cm³/mol. The number of aromatic hydroxyl groups is 1. The third kappa shape index (κ3) is 4.29. The van der Waals surface area contributed by atoms with Gasteiger partial charge in [0.05, 0.1) is 17.1 Å². The van der Waals surface area contributed by atoms with E-state index < -0.39 is 11.8 Å². The van der Waals surface area contributed by atoms with Crippen LogP contribution in [0.4, 0.5) is 0 Å². The second-order valence-electron chi connectivity index (χ2n) is 5.48. The molecular formula is C19H16N2O4S2. The molecule has 3 rings (SSSR count). The van der Waals surface area contributed by atoms with Crippen LogP contribution in [0.25, 0.3) is 6.08 Å². The van der Waals surface area contributed by atoms with Crippen LogP contribution in [0.1, 0.15) is 22.8 Å². The van der Waals surface area contributed by atoms with Crippen molar-refractivity contribution in [3.63, 3.8) is 0 Å². The summed E-state index contributed by atoms with van der Waals surface area (Å²) in [5.41, 5.74) is 3.31. The van der Waals surface area contributed by atoms with Gasteiger partial charge in [-0.15, -0.1) is 0 Å². The number of hydrogen-bond donors (Lipinski definition) is 2. The molecule has 6 nitrogen and oxygen atoms in total. The largest absolute Gasteiger partial charge is 0.507 e. The highest BCUT2D eigenvalue weighted by molar-refractivity contribution is 8.26. The number of thioether (sulfide) groups is 1. The molecule has 2 N–H and O–H groups in total. The molecule has 27 heavy (non-hydrogen) atoms. The number of phenols is 1. The van der Waals surface area contributed by atoms with Crippen LogP contribution in [0, 0.1) is 0 Å². The molecule has 2 aromatic rings. The number of carbonyl (C=O) groups excluding carboxylic acids is 2. The van der Waals surface area contributed by atoms with Crippen molar-refractivity contribution in [3.8, 4) is 11.5 Å². The number of phenolic OH excluding ortho intramolecular Hbond substituents is 1. The van der Waals surface area contributed by atoms with Crippen molar-refractivity contribution in [3.05, 3.63) is 64.6 Å². The Balaban J connectivity index is 1.74. The van der Waals surface area contributed by atoms with Gasteiger partial charge in [0.15, 0.2) is 4.32 Å². The van der Waals surface area contributed by atoms with E-state index in [9.17, 15) is 14.7 Å². The lowest BCUT2D eigenvalue weighted by Crippen LogP contribution is -2.44. The van der Waals surface area contributed by atoms with Gasteiger partial charge in [0, 0.05) is 0 Å². The van der Waals surface area contributed by atoms with Gasteiger partial charge in [-0.25, -0.2) is 0 Å². The fraction of sp³-hybridized carbons (Fsp3) is 0.105. The van der Waals surface area contributed by atoms with Gasteiger partial charge in [-0.2, -0.15) is 5.01 Å². The summed E-state index contributed by atoms with van der Waals surface area (Å²) in [6, 6.07) is 13.4. The lowest BCUT2D eigenvalue weighted by atomic mass is 10.2. The molecule has 2 aromatic carbocycles. The van der Waals surface area contributed by atoms with E-state index in [-0.39, 0.29) is 15.6 Å². The van der Waals surface area contributed by atoms with Gasteiger partial charge in [-0.05, 0) is 55.0 Å². The summed E-state index contributed by atoms with van der Waals surface area (Å²) in [4.78, 5) is 25.3. The van der Waals surface area contributed by atoms with Crippen LogP contribution in [0.15, 0.2) is 53.4 Å². The molecule has 1 saturated heterocycles. The third-order valence-corrected chi connectivity index (χ3v) is 4.95. The Kier molecular flexibility index (Phi) is 5.78. The summed E-state index contributed by atoms with van der Waals surface area (Å²) < 4.78 is 5.60. The van der Waals surface area contributed by atoms with Crippen LogP contribution in [0.3, 0.4) is 0 Å². The number of para-hydroxylation sites is 1. The summed E-state index contributed by atoms with van der Waals surface area (Å²) in [5.74, 6) is -0.475. The molecule has 0 aliphatic carbocycles. The monoisotopic (exact) mass is 400 g/mol. The topological polar surface area (TPSA) is 78.9 Å². The molecule has 1 heterocycles. The van der Waals surface area contributed by atoms with E-state index in [1.54, 1.807) is 18.2 Å². The molecule has 0 aromatic heterocycles. The number of hydrazine groups is 1. The van der Waals surface area contributed by atoms with Crippen molar-refractivity contribution < 1.29 is 19.4 Å². The molecule has 0 atom stereocenters. The Morgan fingerprint density at radius 1 is 1.26 bits per heavy atom. The molecule has 0 unspecified atom stereocenters. The highest BCUT2D eigenvalue weighted by atomic mass is 32.2. The minimum Gasteiger partial charge on any atom is -0.507 e. The van der Waals surface area contributed by atoms with Crippen LogP contribution in [0.2, 0.25) is 0 Å². The molecular weight excluding hydrogens is 384 g/mol. The Bertz CT molecular complexity index is 926. The zero-order valence-electron chi connectivity index (χ0n) is 14.3. The molecule has 138 valence electrons. The van der Waals surface area contributed by atoms with Gasteiger partial charge in [0.25, 0.3) is 11.8 Å². The predicted octanol–water partition coefficient (Wildman–Crippen LogP) is 3.34. The zero-order valence-corrected chi connectivity index (χ0v) is 16.0. The van der Waals surface area contributed by atoms with E-state index in [2.05, 4.69) is 5.43 Å². The lowest BCUT2D eigenvalue weighted by molar-refractivity contribution is -0.123. The molecule has 1 aliphatic heterocycles. The lowest BCUT2D eigenvalue weighted by Gasteiger charge is -2.16. The number of amides is 2. The Hall–Kier alpha value is -2.84. The van der Waals surface area contributed by atoms with Crippen LogP contribution < -0.4 is 10.2 Å². The van der Waals surface area contributed by atoms with Crippen LogP contribution in [-0.4, -0.2) is 32.9 Å². The maximum Gasteiger partial charge on any atom is 0.285 e. The first-order valence-electron chi connectivity index (χ1n) is 8.09. The van der Waals surface area contributed by atoms with Gasteiger partial charge in [-0.1, -0.05) is 36.0 Å². The highest BCUT2D eigenvalue weighted by Crippen LogP contribution is 2.32. The Morgan fingerprint density at radius 3 is 2.63 bits per heavy atom. The maximum absolute atomic E-state index is 12.6. The minimum atomic E-state index is -0.619. The number of carbonyl (C=O) groups is 2. The second-order valence-corrected chi connectivity index (χ2v) is 7.15. The van der Waals surface area contributed by atoms with E-state index in [1.807, 2.05) is 31.2 Å². The molecule has 8 heteroatoms. The van der Waals surface area contributed by atoms with E-state index in [1.165, 1.54) is 12.1 Å². The van der Waals surface area contributed by atoms with Crippen molar-refractivity contribution in [2.24, 2.45) is 0 Å². The number of ether oxygens (including phenoxy) is 1. The van der Waals surface area contributed by atoms with E-state index >= 15 is 0 Å². The maximum atomic E-state index is 12.6. The first-order valence-corrected chi connectivity index (χ1v) is 9.32. The number of thiocarbonyl (C=S) groups is 1. The van der Waals surface area contributed by atoms with Gasteiger partial charge < -0.3 is 9.84 Å². The number of hydrogen-bond acceptors (Lipinski definition) is 6. The smallest absolute Gasteiger partial charge is 0.285 e. The molecule has 0 bridgehead atoms. The normalized spacial score (nSPS) is 15.3. The van der Waals surface area contributed by atoms with Gasteiger partial charge in [0.2, 0.25) is 0 Å². The van der Waals surface area contributed by atoms with Crippen molar-refractivity contribution >= 4 is 46.2 Å². The first kappa shape index (κ1) is 18.9. The fourth-order valence-corrected chi connectivity index (χ4v) is 3.55. The summed E-state index contributed by atoms with van der Waals surface area (Å²) in [6.45, 7) is 2.48. The summed E-state index contributed by atoms with van der Waals surface area (Å²) >= 11 is 6.29. The molecule has 0 spiro atoms. The highest BCUT2D eigenvalue weighted by Gasteiger charge is 2.34. The van der Waals surface area contributed by atoms with Crippen molar-refractivity contribution in [1.29, 1.82) is 0 Å². The zero-order chi connectivity index (χ0) is 19.4. The summed E-state index contributed by atoms with van der Waals surface area (Å²) in [7, 11) is 0. The molecule has 1 aliphatic rings. The number of rotatable bonds is 5. The Labute approximate surface area is 165 Å². The quantitative estimate of drug-likeness (QED) is 0.592. The van der Waals surface area contributed by atoms with Crippen molar-refractivity contribution in [2.45, 2.75) is 6.92 Å². The molecule has 1 fully saturated rings.